The van der Waals surface area contributed by atoms with Crippen LogP contribution in [0.15, 0.2) is 28.7 Å². The molecule has 0 N–H and O–H groups in total. The standard InChI is InChI=1S/C13H17N3O2S2/c1-10-8-11(2)19-13(10)20(17,18)15-7-4-12(9-15)16-6-3-5-14-16/h3,5-6,8,12H,4,7,9H2,1-2H3/t12-/m0/s1. The van der Waals surface area contributed by atoms with Crippen molar-refractivity contribution in [2.24, 2.45) is 0 Å². The zero-order chi connectivity index (χ0) is 14.3. The molecule has 0 saturated carbocycles. The molecule has 2 aromatic rings. The highest BCUT2D eigenvalue weighted by Gasteiger charge is 2.35. The molecule has 0 amide bonds. The molecule has 5 nitrogen and oxygen atoms in total. The molecule has 1 fully saturated rings. The molecule has 20 heavy (non-hydrogen) atoms. The monoisotopic (exact) mass is 311 g/mol. The fraction of sp³-hybridized carbons (Fsp3) is 0.462. The van der Waals surface area contributed by atoms with E-state index in [-0.39, 0.29) is 6.04 Å². The highest BCUT2D eigenvalue weighted by molar-refractivity contribution is 7.91. The summed E-state index contributed by atoms with van der Waals surface area (Å²) in [5.41, 5.74) is 0.843. The number of hydrogen-bond acceptors (Lipinski definition) is 4. The van der Waals surface area contributed by atoms with Gasteiger partial charge in [0.05, 0.1) is 6.04 Å². The van der Waals surface area contributed by atoms with Crippen molar-refractivity contribution in [3.63, 3.8) is 0 Å². The van der Waals surface area contributed by atoms with E-state index in [0.717, 1.165) is 16.9 Å². The summed E-state index contributed by atoms with van der Waals surface area (Å²) in [4.78, 5) is 1.03. The van der Waals surface area contributed by atoms with Crippen molar-refractivity contribution in [1.82, 2.24) is 14.1 Å². The summed E-state index contributed by atoms with van der Waals surface area (Å²) < 4.78 is 29.3. The van der Waals surface area contributed by atoms with Gasteiger partial charge in [-0.15, -0.1) is 11.3 Å². The molecule has 1 saturated heterocycles. The van der Waals surface area contributed by atoms with Crippen LogP contribution in [-0.2, 0) is 10.0 Å². The third-order valence-corrected chi connectivity index (χ3v) is 7.23. The van der Waals surface area contributed by atoms with E-state index in [1.807, 2.05) is 36.9 Å². The second-order valence-electron chi connectivity index (χ2n) is 5.12. The van der Waals surface area contributed by atoms with Gasteiger partial charge in [0, 0.05) is 30.4 Å². The molecule has 1 atom stereocenters. The second-order valence-corrected chi connectivity index (χ2v) is 8.51. The van der Waals surface area contributed by atoms with Crippen LogP contribution >= 0.6 is 11.3 Å². The van der Waals surface area contributed by atoms with Crippen molar-refractivity contribution in [2.45, 2.75) is 30.5 Å². The van der Waals surface area contributed by atoms with Crippen LogP contribution in [0.3, 0.4) is 0 Å². The average molecular weight is 311 g/mol. The Morgan fingerprint density at radius 2 is 2.20 bits per heavy atom. The minimum absolute atomic E-state index is 0.140. The lowest BCUT2D eigenvalue weighted by Crippen LogP contribution is -2.29. The van der Waals surface area contributed by atoms with Crippen LogP contribution in [0.1, 0.15) is 22.9 Å². The van der Waals surface area contributed by atoms with E-state index >= 15 is 0 Å². The van der Waals surface area contributed by atoms with Crippen molar-refractivity contribution >= 4 is 21.4 Å². The molecule has 108 valence electrons. The van der Waals surface area contributed by atoms with Crippen molar-refractivity contribution < 1.29 is 8.42 Å². The summed E-state index contributed by atoms with van der Waals surface area (Å²) >= 11 is 1.35. The fourth-order valence-corrected chi connectivity index (χ4v) is 5.93. The van der Waals surface area contributed by atoms with Crippen LogP contribution in [0.5, 0.6) is 0 Å². The maximum absolute atomic E-state index is 12.7. The first-order valence-electron chi connectivity index (χ1n) is 6.55. The van der Waals surface area contributed by atoms with E-state index in [2.05, 4.69) is 5.10 Å². The summed E-state index contributed by atoms with van der Waals surface area (Å²) in [6.45, 7) is 4.86. The molecule has 7 heteroatoms. The van der Waals surface area contributed by atoms with E-state index in [4.69, 9.17) is 0 Å². The molecule has 0 unspecified atom stereocenters. The smallest absolute Gasteiger partial charge is 0.252 e. The minimum Gasteiger partial charge on any atom is -0.268 e. The van der Waals surface area contributed by atoms with Crippen molar-refractivity contribution in [1.29, 1.82) is 0 Å². The predicted molar refractivity (Wildman–Crippen MR) is 78.4 cm³/mol. The summed E-state index contributed by atoms with van der Waals surface area (Å²) in [5.74, 6) is 0. The van der Waals surface area contributed by atoms with Gasteiger partial charge in [-0.3, -0.25) is 4.68 Å². The third kappa shape index (κ3) is 2.30. The molecule has 0 aliphatic carbocycles. The topological polar surface area (TPSA) is 55.2 Å². The highest BCUT2D eigenvalue weighted by Crippen LogP contribution is 2.32. The van der Waals surface area contributed by atoms with Gasteiger partial charge >= 0.3 is 0 Å². The quantitative estimate of drug-likeness (QED) is 0.873. The Bertz CT molecular complexity index is 704. The van der Waals surface area contributed by atoms with Crippen molar-refractivity contribution in [3.05, 3.63) is 35.0 Å². The van der Waals surface area contributed by atoms with Crippen molar-refractivity contribution in [3.8, 4) is 0 Å². The summed E-state index contributed by atoms with van der Waals surface area (Å²) in [5, 5.41) is 4.21. The van der Waals surface area contributed by atoms with E-state index < -0.39 is 10.0 Å². The van der Waals surface area contributed by atoms with Crippen LogP contribution in [-0.4, -0.2) is 35.6 Å². The van der Waals surface area contributed by atoms with Crippen LogP contribution in [0.2, 0.25) is 0 Å². The lowest BCUT2D eigenvalue weighted by atomic mass is 10.3. The Labute approximate surface area is 122 Å². The molecule has 0 aromatic carbocycles. The molecule has 2 aromatic heterocycles. The first-order valence-corrected chi connectivity index (χ1v) is 8.80. The summed E-state index contributed by atoms with van der Waals surface area (Å²) in [6.07, 6.45) is 4.43. The maximum atomic E-state index is 12.7. The van der Waals surface area contributed by atoms with Gasteiger partial charge in [-0.05, 0) is 38.0 Å². The van der Waals surface area contributed by atoms with Gasteiger partial charge in [-0.2, -0.15) is 9.40 Å². The Balaban J connectivity index is 1.85. The Kier molecular flexibility index (Phi) is 3.43. The largest absolute Gasteiger partial charge is 0.268 e. The van der Waals surface area contributed by atoms with Gasteiger partial charge in [0.15, 0.2) is 0 Å². The number of nitrogens with zero attached hydrogens (tertiary/aromatic N) is 3. The molecule has 1 aliphatic rings. The zero-order valence-corrected chi connectivity index (χ0v) is 13.1. The molecular weight excluding hydrogens is 294 g/mol. The van der Waals surface area contributed by atoms with Gasteiger partial charge in [0.1, 0.15) is 4.21 Å². The van der Waals surface area contributed by atoms with Gasteiger partial charge in [0.2, 0.25) is 0 Å². The fourth-order valence-electron chi connectivity index (χ4n) is 2.63. The Morgan fingerprint density at radius 1 is 1.40 bits per heavy atom. The molecule has 1 aliphatic heterocycles. The zero-order valence-electron chi connectivity index (χ0n) is 11.5. The van der Waals surface area contributed by atoms with Crippen molar-refractivity contribution in [2.75, 3.05) is 13.1 Å². The minimum atomic E-state index is -3.36. The number of thiophene rings is 1. The molecule has 0 spiro atoms. The van der Waals surface area contributed by atoms with Gasteiger partial charge in [-0.25, -0.2) is 8.42 Å². The van der Waals surface area contributed by atoms with E-state index in [1.54, 1.807) is 10.5 Å². The molecule has 3 heterocycles. The molecular formula is C13H17N3O2S2. The van der Waals surface area contributed by atoms with Gasteiger partial charge in [-0.1, -0.05) is 0 Å². The van der Waals surface area contributed by atoms with Crippen LogP contribution in [0, 0.1) is 13.8 Å². The third-order valence-electron chi connectivity index (χ3n) is 3.59. The number of aromatic nitrogens is 2. The Hall–Kier alpha value is -1.18. The number of aryl methyl sites for hydroxylation is 2. The lowest BCUT2D eigenvalue weighted by Gasteiger charge is -2.16. The van der Waals surface area contributed by atoms with Gasteiger partial charge in [0.25, 0.3) is 10.0 Å². The lowest BCUT2D eigenvalue weighted by molar-refractivity contribution is 0.435. The maximum Gasteiger partial charge on any atom is 0.252 e. The average Bonchev–Trinajstić information content (AvgIpc) is 3.07. The second kappa shape index (κ2) is 4.98. The number of hydrogen-bond donors (Lipinski definition) is 0. The summed E-state index contributed by atoms with van der Waals surface area (Å²) in [6, 6.07) is 3.93. The van der Waals surface area contributed by atoms with Crippen LogP contribution in [0.25, 0.3) is 0 Å². The number of sulfonamides is 1. The van der Waals surface area contributed by atoms with E-state index in [1.165, 1.54) is 11.3 Å². The molecule has 0 radical (unpaired) electrons. The normalized spacial score (nSPS) is 20.6. The molecule has 3 rings (SSSR count). The first kappa shape index (κ1) is 13.8. The van der Waals surface area contributed by atoms with Gasteiger partial charge < -0.3 is 0 Å². The van der Waals surface area contributed by atoms with E-state index in [9.17, 15) is 8.42 Å². The summed E-state index contributed by atoms with van der Waals surface area (Å²) in [7, 11) is -3.36. The van der Waals surface area contributed by atoms with Crippen LogP contribution < -0.4 is 0 Å². The first-order chi connectivity index (χ1) is 9.48. The predicted octanol–water partition coefficient (Wildman–Crippen LogP) is 2.20. The highest BCUT2D eigenvalue weighted by atomic mass is 32.2. The number of rotatable bonds is 3. The van der Waals surface area contributed by atoms with E-state index in [0.29, 0.717) is 17.3 Å². The van der Waals surface area contributed by atoms with Crippen LogP contribution in [0.4, 0.5) is 0 Å². The Morgan fingerprint density at radius 3 is 2.80 bits per heavy atom. The molecule has 0 bridgehead atoms. The SMILES string of the molecule is Cc1cc(C)c(S(=O)(=O)N2CC[C@H](n3cccn3)C2)s1.